The van der Waals surface area contributed by atoms with Crippen molar-refractivity contribution < 1.29 is 12.8 Å². The SMILES string of the molecule is CSc1nc(-c2ccc(S(C)(=O)=O)cc2F)c(C#N)c(=O)[nH]1. The highest BCUT2D eigenvalue weighted by Gasteiger charge is 2.18. The van der Waals surface area contributed by atoms with E-state index in [1.807, 2.05) is 0 Å². The van der Waals surface area contributed by atoms with Gasteiger partial charge in [0.2, 0.25) is 0 Å². The third kappa shape index (κ3) is 3.03. The van der Waals surface area contributed by atoms with Crippen LogP contribution < -0.4 is 5.56 Å². The molecule has 114 valence electrons. The lowest BCUT2D eigenvalue weighted by Gasteiger charge is -2.07. The van der Waals surface area contributed by atoms with Crippen molar-refractivity contribution in [2.45, 2.75) is 10.1 Å². The molecule has 2 rings (SSSR count). The predicted molar refractivity (Wildman–Crippen MR) is 79.9 cm³/mol. The molecular weight excluding hydrogens is 329 g/mol. The molecule has 0 aliphatic carbocycles. The van der Waals surface area contributed by atoms with E-state index in [1.165, 1.54) is 12.1 Å². The maximum atomic E-state index is 14.2. The Hall–Kier alpha value is -2.18. The molecule has 0 radical (unpaired) electrons. The van der Waals surface area contributed by atoms with Gasteiger partial charge in [0, 0.05) is 11.8 Å². The zero-order valence-electron chi connectivity index (χ0n) is 11.5. The number of nitrogens with one attached hydrogen (secondary N) is 1. The molecule has 0 unspecified atom stereocenters. The van der Waals surface area contributed by atoms with Crippen LogP contribution in [0.4, 0.5) is 4.39 Å². The van der Waals surface area contributed by atoms with Gasteiger partial charge in [-0.05, 0) is 24.5 Å². The monoisotopic (exact) mass is 339 g/mol. The number of H-pyrrole nitrogens is 1. The van der Waals surface area contributed by atoms with Crippen LogP contribution in [0.1, 0.15) is 5.56 Å². The van der Waals surface area contributed by atoms with E-state index in [0.717, 1.165) is 24.1 Å². The van der Waals surface area contributed by atoms with E-state index in [9.17, 15) is 17.6 Å². The lowest BCUT2D eigenvalue weighted by molar-refractivity contribution is 0.596. The third-order valence-corrected chi connectivity index (χ3v) is 4.52. The summed E-state index contributed by atoms with van der Waals surface area (Å²) in [5.41, 5.74) is -1.23. The molecule has 0 saturated heterocycles. The van der Waals surface area contributed by atoms with Gasteiger partial charge in [0.15, 0.2) is 15.0 Å². The number of nitrogens with zero attached hydrogens (tertiary/aromatic N) is 2. The van der Waals surface area contributed by atoms with Gasteiger partial charge in [-0.3, -0.25) is 4.79 Å². The number of aromatic amines is 1. The fourth-order valence-corrected chi connectivity index (χ4v) is 2.78. The van der Waals surface area contributed by atoms with Crippen molar-refractivity contribution in [3.05, 3.63) is 39.9 Å². The first-order chi connectivity index (χ1) is 10.3. The Morgan fingerprint density at radius 2 is 2.09 bits per heavy atom. The number of hydrogen-bond acceptors (Lipinski definition) is 6. The van der Waals surface area contributed by atoms with Crippen molar-refractivity contribution in [1.82, 2.24) is 9.97 Å². The van der Waals surface area contributed by atoms with Gasteiger partial charge in [0.1, 0.15) is 17.4 Å². The van der Waals surface area contributed by atoms with Crippen LogP contribution in [0.15, 0.2) is 33.0 Å². The number of halogens is 1. The lowest BCUT2D eigenvalue weighted by atomic mass is 10.1. The Kier molecular flexibility index (Phi) is 4.35. The fraction of sp³-hybridized carbons (Fsp3) is 0.154. The topological polar surface area (TPSA) is 104 Å². The van der Waals surface area contributed by atoms with E-state index in [4.69, 9.17) is 5.26 Å². The van der Waals surface area contributed by atoms with E-state index in [-0.39, 0.29) is 26.9 Å². The first-order valence-electron chi connectivity index (χ1n) is 5.86. The Morgan fingerprint density at radius 1 is 1.41 bits per heavy atom. The molecule has 2 aromatic rings. The van der Waals surface area contributed by atoms with E-state index in [0.29, 0.717) is 0 Å². The highest BCUT2D eigenvalue weighted by Crippen LogP contribution is 2.26. The number of hydrogen-bond donors (Lipinski definition) is 1. The minimum atomic E-state index is -3.56. The van der Waals surface area contributed by atoms with Crippen LogP contribution >= 0.6 is 11.8 Å². The quantitative estimate of drug-likeness (QED) is 0.672. The lowest BCUT2D eigenvalue weighted by Crippen LogP contribution is -2.15. The van der Waals surface area contributed by atoms with Gasteiger partial charge >= 0.3 is 0 Å². The third-order valence-electron chi connectivity index (χ3n) is 2.83. The summed E-state index contributed by atoms with van der Waals surface area (Å²) >= 11 is 1.13. The van der Waals surface area contributed by atoms with Crippen molar-refractivity contribution in [2.24, 2.45) is 0 Å². The summed E-state index contributed by atoms with van der Waals surface area (Å²) in [6, 6.07) is 4.92. The molecular formula is C13H10FN3O3S2. The zero-order chi connectivity index (χ0) is 16.5. The number of sulfone groups is 1. The second-order valence-electron chi connectivity index (χ2n) is 4.32. The first-order valence-corrected chi connectivity index (χ1v) is 8.98. The summed E-state index contributed by atoms with van der Waals surface area (Å²) in [6.45, 7) is 0. The van der Waals surface area contributed by atoms with E-state index in [1.54, 1.807) is 12.3 Å². The highest BCUT2D eigenvalue weighted by molar-refractivity contribution is 7.98. The first kappa shape index (κ1) is 16.2. The molecule has 1 N–H and O–H groups in total. The molecule has 9 heteroatoms. The van der Waals surface area contributed by atoms with Crippen molar-refractivity contribution >= 4 is 21.6 Å². The second kappa shape index (κ2) is 5.90. The second-order valence-corrected chi connectivity index (χ2v) is 7.14. The van der Waals surface area contributed by atoms with Crippen LogP contribution in [0.25, 0.3) is 11.3 Å². The van der Waals surface area contributed by atoms with Crippen molar-refractivity contribution in [3.8, 4) is 17.3 Å². The molecule has 22 heavy (non-hydrogen) atoms. The molecule has 6 nitrogen and oxygen atoms in total. The van der Waals surface area contributed by atoms with Crippen LogP contribution in [0, 0.1) is 17.1 Å². The van der Waals surface area contributed by atoms with E-state index < -0.39 is 21.2 Å². The van der Waals surface area contributed by atoms with Crippen molar-refractivity contribution in [2.75, 3.05) is 12.5 Å². The number of aromatic nitrogens is 2. The van der Waals surface area contributed by atoms with Crippen LogP contribution in [-0.4, -0.2) is 30.9 Å². The standard InChI is InChI=1S/C13H10FN3O3S2/c1-21-13-16-11(9(6-15)12(18)17-13)8-4-3-7(5-10(8)14)22(2,19)20/h3-5H,1-2H3,(H,16,17,18). The Morgan fingerprint density at radius 3 is 2.59 bits per heavy atom. The molecule has 1 aromatic carbocycles. The predicted octanol–water partition coefficient (Wildman–Crippen LogP) is 1.57. The fourth-order valence-electron chi connectivity index (χ4n) is 1.77. The van der Waals surface area contributed by atoms with Crippen LogP contribution in [0.3, 0.4) is 0 Å². The number of thioether (sulfide) groups is 1. The molecule has 1 aromatic heterocycles. The maximum Gasteiger partial charge on any atom is 0.270 e. The Bertz CT molecular complexity index is 946. The van der Waals surface area contributed by atoms with Crippen LogP contribution in [0.2, 0.25) is 0 Å². The molecule has 1 heterocycles. The normalized spacial score (nSPS) is 11.2. The van der Waals surface area contributed by atoms with Crippen LogP contribution in [-0.2, 0) is 9.84 Å². The van der Waals surface area contributed by atoms with Gasteiger partial charge in [-0.1, -0.05) is 11.8 Å². The minimum Gasteiger partial charge on any atom is -0.300 e. The van der Waals surface area contributed by atoms with E-state index in [2.05, 4.69) is 9.97 Å². The average Bonchev–Trinajstić information content (AvgIpc) is 2.45. The molecule has 0 saturated carbocycles. The summed E-state index contributed by atoms with van der Waals surface area (Å²) in [6.07, 6.45) is 2.62. The van der Waals surface area contributed by atoms with Gasteiger partial charge in [-0.15, -0.1) is 0 Å². The Balaban J connectivity index is 2.75. The van der Waals surface area contributed by atoms with Gasteiger partial charge in [0.05, 0.1) is 10.6 Å². The molecule has 0 amide bonds. The molecule has 0 atom stereocenters. The zero-order valence-corrected chi connectivity index (χ0v) is 13.2. The molecule has 0 bridgehead atoms. The number of nitriles is 1. The van der Waals surface area contributed by atoms with E-state index >= 15 is 0 Å². The van der Waals surface area contributed by atoms with Gasteiger partial charge in [-0.25, -0.2) is 17.8 Å². The minimum absolute atomic E-state index is 0.106. The Labute approximate surface area is 129 Å². The molecule has 0 aliphatic rings. The molecule has 0 fully saturated rings. The summed E-state index contributed by atoms with van der Waals surface area (Å²) in [4.78, 5) is 18.1. The number of benzene rings is 1. The maximum absolute atomic E-state index is 14.2. The average molecular weight is 339 g/mol. The summed E-state index contributed by atoms with van der Waals surface area (Å²) in [5, 5.41) is 9.29. The smallest absolute Gasteiger partial charge is 0.270 e. The highest BCUT2D eigenvalue weighted by atomic mass is 32.2. The van der Waals surface area contributed by atoms with Crippen molar-refractivity contribution in [1.29, 1.82) is 5.26 Å². The molecule has 0 spiro atoms. The van der Waals surface area contributed by atoms with Crippen molar-refractivity contribution in [3.63, 3.8) is 0 Å². The molecule has 0 aliphatic heterocycles. The summed E-state index contributed by atoms with van der Waals surface area (Å²) < 4.78 is 37.1. The summed E-state index contributed by atoms with van der Waals surface area (Å²) in [7, 11) is -3.56. The van der Waals surface area contributed by atoms with Gasteiger partial charge in [0.25, 0.3) is 5.56 Å². The van der Waals surface area contributed by atoms with Crippen LogP contribution in [0.5, 0.6) is 0 Å². The number of rotatable bonds is 3. The largest absolute Gasteiger partial charge is 0.300 e. The van der Waals surface area contributed by atoms with Gasteiger partial charge in [-0.2, -0.15) is 5.26 Å². The summed E-state index contributed by atoms with van der Waals surface area (Å²) in [5.74, 6) is -0.871. The van der Waals surface area contributed by atoms with Gasteiger partial charge < -0.3 is 4.98 Å².